The average molecular weight is 240 g/mol. The lowest BCUT2D eigenvalue weighted by Gasteiger charge is -1.98. The Morgan fingerprint density at radius 3 is 2.50 bits per heavy atom. The van der Waals surface area contributed by atoms with Crippen LogP contribution in [0.3, 0.4) is 0 Å². The Bertz CT molecular complexity index is 695. The molecule has 0 amide bonds. The number of benzene rings is 1. The summed E-state index contributed by atoms with van der Waals surface area (Å²) in [6.07, 6.45) is 0. The van der Waals surface area contributed by atoms with E-state index < -0.39 is 0 Å². The Balaban J connectivity index is 2.22. The van der Waals surface area contributed by atoms with E-state index in [-0.39, 0.29) is 0 Å². The fourth-order valence-corrected chi connectivity index (χ4v) is 2.31. The van der Waals surface area contributed by atoms with Crippen molar-refractivity contribution < 1.29 is 0 Å². The molecule has 0 aliphatic heterocycles. The Hall–Kier alpha value is -2.23. The van der Waals surface area contributed by atoms with Crippen molar-refractivity contribution in [2.75, 3.05) is 5.73 Å². The molecule has 4 nitrogen and oxygen atoms in total. The van der Waals surface area contributed by atoms with Gasteiger partial charge in [-0.15, -0.1) is 0 Å². The SMILES string of the molecule is Cc1nc(-c2cc3cc(C)c(N)cc3[nH]2)c(C)[nH]1. The van der Waals surface area contributed by atoms with Crippen molar-refractivity contribution in [2.24, 2.45) is 0 Å². The van der Waals surface area contributed by atoms with Crippen LogP contribution in [0.2, 0.25) is 0 Å². The second-order valence-electron chi connectivity index (χ2n) is 4.77. The average Bonchev–Trinajstić information content (AvgIpc) is 2.82. The van der Waals surface area contributed by atoms with Crippen LogP contribution in [0.15, 0.2) is 18.2 Å². The number of nitrogens with zero attached hydrogens (tertiary/aromatic N) is 1. The first-order valence-electron chi connectivity index (χ1n) is 5.97. The molecule has 18 heavy (non-hydrogen) atoms. The predicted molar refractivity (Wildman–Crippen MR) is 74.5 cm³/mol. The quantitative estimate of drug-likeness (QED) is 0.572. The van der Waals surface area contributed by atoms with Crippen molar-refractivity contribution in [1.29, 1.82) is 0 Å². The molecule has 92 valence electrons. The molecule has 0 saturated heterocycles. The van der Waals surface area contributed by atoms with Crippen LogP contribution in [0.5, 0.6) is 0 Å². The normalized spacial score (nSPS) is 11.3. The van der Waals surface area contributed by atoms with Crippen LogP contribution in [0.25, 0.3) is 22.3 Å². The minimum atomic E-state index is 0.811. The van der Waals surface area contributed by atoms with E-state index in [1.165, 1.54) is 0 Å². The Labute approximate surface area is 105 Å². The number of nitrogen functional groups attached to an aromatic ring is 1. The van der Waals surface area contributed by atoms with Crippen LogP contribution < -0.4 is 5.73 Å². The molecule has 4 heteroatoms. The summed E-state index contributed by atoms with van der Waals surface area (Å²) >= 11 is 0. The summed E-state index contributed by atoms with van der Waals surface area (Å²) in [6, 6.07) is 6.19. The van der Waals surface area contributed by atoms with Crippen molar-refractivity contribution >= 4 is 16.6 Å². The Morgan fingerprint density at radius 2 is 1.83 bits per heavy atom. The summed E-state index contributed by atoms with van der Waals surface area (Å²) in [6.45, 7) is 6.01. The highest BCUT2D eigenvalue weighted by atomic mass is 14.9. The smallest absolute Gasteiger partial charge is 0.108 e. The monoisotopic (exact) mass is 240 g/mol. The molecule has 3 rings (SSSR count). The number of H-pyrrole nitrogens is 2. The Morgan fingerprint density at radius 1 is 1.06 bits per heavy atom. The second-order valence-corrected chi connectivity index (χ2v) is 4.77. The highest BCUT2D eigenvalue weighted by Crippen LogP contribution is 2.27. The van der Waals surface area contributed by atoms with E-state index in [2.05, 4.69) is 27.1 Å². The van der Waals surface area contributed by atoms with E-state index in [4.69, 9.17) is 5.73 Å². The number of imidazole rings is 1. The van der Waals surface area contributed by atoms with Gasteiger partial charge in [-0.2, -0.15) is 0 Å². The van der Waals surface area contributed by atoms with Crippen LogP contribution in [0.1, 0.15) is 17.1 Å². The molecular formula is C14H16N4. The van der Waals surface area contributed by atoms with E-state index >= 15 is 0 Å². The molecule has 0 unspecified atom stereocenters. The molecule has 4 N–H and O–H groups in total. The molecule has 3 aromatic rings. The van der Waals surface area contributed by atoms with Gasteiger partial charge in [0.05, 0.1) is 5.69 Å². The van der Waals surface area contributed by atoms with Crippen molar-refractivity contribution in [3.05, 3.63) is 35.3 Å². The van der Waals surface area contributed by atoms with Crippen molar-refractivity contribution in [2.45, 2.75) is 20.8 Å². The van der Waals surface area contributed by atoms with Gasteiger partial charge in [0.25, 0.3) is 0 Å². The number of anilines is 1. The summed E-state index contributed by atoms with van der Waals surface area (Å²) in [7, 11) is 0. The maximum absolute atomic E-state index is 5.93. The van der Waals surface area contributed by atoms with Crippen molar-refractivity contribution in [1.82, 2.24) is 15.0 Å². The maximum atomic E-state index is 5.93. The highest BCUT2D eigenvalue weighted by Gasteiger charge is 2.10. The number of hydrogen-bond acceptors (Lipinski definition) is 2. The summed E-state index contributed by atoms with van der Waals surface area (Å²) in [4.78, 5) is 11.1. The van der Waals surface area contributed by atoms with Gasteiger partial charge in [0.1, 0.15) is 11.5 Å². The van der Waals surface area contributed by atoms with Gasteiger partial charge in [-0.05, 0) is 44.5 Å². The van der Waals surface area contributed by atoms with Crippen LogP contribution in [0, 0.1) is 20.8 Å². The highest BCUT2D eigenvalue weighted by molar-refractivity contribution is 5.88. The lowest BCUT2D eigenvalue weighted by molar-refractivity contribution is 1.13. The lowest BCUT2D eigenvalue weighted by Crippen LogP contribution is -1.88. The number of aromatic nitrogens is 3. The molecule has 2 aromatic heterocycles. The zero-order chi connectivity index (χ0) is 12.9. The first-order chi connectivity index (χ1) is 8.54. The fraction of sp³-hybridized carbons (Fsp3) is 0.214. The van der Waals surface area contributed by atoms with Crippen LogP contribution in [0.4, 0.5) is 5.69 Å². The van der Waals surface area contributed by atoms with Gasteiger partial charge in [-0.25, -0.2) is 4.98 Å². The summed E-state index contributed by atoms with van der Waals surface area (Å²) in [5.74, 6) is 0.928. The van der Waals surface area contributed by atoms with Crippen molar-refractivity contribution in [3.63, 3.8) is 0 Å². The number of fused-ring (bicyclic) bond motifs is 1. The zero-order valence-electron chi connectivity index (χ0n) is 10.8. The summed E-state index contributed by atoms with van der Waals surface area (Å²) in [5.41, 5.74) is 12.0. The predicted octanol–water partition coefficient (Wildman–Crippen LogP) is 3.07. The first-order valence-corrected chi connectivity index (χ1v) is 5.97. The number of nitrogens with one attached hydrogen (secondary N) is 2. The Kier molecular flexibility index (Phi) is 2.20. The molecule has 0 radical (unpaired) electrons. The van der Waals surface area contributed by atoms with Crippen LogP contribution in [-0.2, 0) is 0 Å². The topological polar surface area (TPSA) is 70.5 Å². The zero-order valence-corrected chi connectivity index (χ0v) is 10.8. The molecule has 1 aromatic carbocycles. The van der Waals surface area contributed by atoms with Gasteiger partial charge < -0.3 is 15.7 Å². The number of hydrogen-bond donors (Lipinski definition) is 3. The summed E-state index contributed by atoms with van der Waals surface area (Å²) < 4.78 is 0. The molecule has 0 aliphatic rings. The van der Waals surface area contributed by atoms with E-state index in [1.807, 2.05) is 26.8 Å². The van der Waals surface area contributed by atoms with Gasteiger partial charge in [-0.1, -0.05) is 0 Å². The first kappa shape index (κ1) is 10.9. The largest absolute Gasteiger partial charge is 0.398 e. The van der Waals surface area contributed by atoms with E-state index in [1.54, 1.807) is 0 Å². The molecule has 0 spiro atoms. The third-order valence-corrected chi connectivity index (χ3v) is 3.27. The van der Waals surface area contributed by atoms with E-state index in [9.17, 15) is 0 Å². The van der Waals surface area contributed by atoms with Crippen LogP contribution >= 0.6 is 0 Å². The van der Waals surface area contributed by atoms with Gasteiger partial charge in [0, 0.05) is 22.3 Å². The second kappa shape index (κ2) is 3.63. The van der Waals surface area contributed by atoms with Gasteiger partial charge in [-0.3, -0.25) is 0 Å². The molecule has 0 bridgehead atoms. The van der Waals surface area contributed by atoms with Gasteiger partial charge in [0.15, 0.2) is 0 Å². The molecule has 0 atom stereocenters. The molecule has 0 saturated carbocycles. The minimum Gasteiger partial charge on any atom is -0.398 e. The molecule has 2 heterocycles. The molecule has 0 fully saturated rings. The van der Waals surface area contributed by atoms with Crippen LogP contribution in [-0.4, -0.2) is 15.0 Å². The number of aryl methyl sites for hydroxylation is 3. The van der Waals surface area contributed by atoms with E-state index in [0.717, 1.165) is 45.1 Å². The number of aromatic amines is 2. The van der Waals surface area contributed by atoms with E-state index in [0.29, 0.717) is 0 Å². The molecule has 0 aliphatic carbocycles. The number of rotatable bonds is 1. The molecular weight excluding hydrogens is 224 g/mol. The summed E-state index contributed by atoms with van der Waals surface area (Å²) in [5, 5.41) is 1.16. The minimum absolute atomic E-state index is 0.811. The third-order valence-electron chi connectivity index (χ3n) is 3.27. The lowest BCUT2D eigenvalue weighted by atomic mass is 10.1. The maximum Gasteiger partial charge on any atom is 0.108 e. The third kappa shape index (κ3) is 1.57. The van der Waals surface area contributed by atoms with Gasteiger partial charge in [0.2, 0.25) is 0 Å². The van der Waals surface area contributed by atoms with Gasteiger partial charge >= 0.3 is 0 Å². The fourth-order valence-electron chi connectivity index (χ4n) is 2.31. The number of nitrogens with two attached hydrogens (primary N) is 1. The van der Waals surface area contributed by atoms with Crippen molar-refractivity contribution in [3.8, 4) is 11.4 Å². The standard InChI is InChI=1S/C14H16N4/c1-7-4-10-5-13(18-12(10)6-11(7)15)14-8(2)16-9(3)17-14/h4-6,18H,15H2,1-3H3,(H,16,17).